The minimum atomic E-state index is -4.44. The minimum absolute atomic E-state index is 0.0192. The second kappa shape index (κ2) is 9.97. The van der Waals surface area contributed by atoms with E-state index in [4.69, 9.17) is 0 Å². The van der Waals surface area contributed by atoms with Crippen LogP contribution >= 0.6 is 0 Å². The number of nitrogens with zero attached hydrogens (tertiary/aromatic N) is 4. The highest BCUT2D eigenvalue weighted by molar-refractivity contribution is 5.96. The molecule has 0 unspecified atom stereocenters. The van der Waals surface area contributed by atoms with Crippen LogP contribution in [0.15, 0.2) is 79.3 Å². The van der Waals surface area contributed by atoms with Crippen molar-refractivity contribution >= 4 is 28.4 Å². The lowest BCUT2D eigenvalue weighted by Gasteiger charge is -2.12. The lowest BCUT2D eigenvalue weighted by molar-refractivity contribution is -0.137. The van der Waals surface area contributed by atoms with Crippen molar-refractivity contribution in [3.05, 3.63) is 102 Å². The van der Waals surface area contributed by atoms with Crippen molar-refractivity contribution in [3.63, 3.8) is 0 Å². The average Bonchev–Trinajstić information content (AvgIpc) is 3.31. The zero-order chi connectivity index (χ0) is 26.9. The summed E-state index contributed by atoms with van der Waals surface area (Å²) in [5.41, 5.74) is 4.27. The molecule has 5 rings (SSSR count). The highest BCUT2D eigenvalue weighted by atomic mass is 19.4. The number of alkyl halides is 3. The summed E-state index contributed by atoms with van der Waals surface area (Å²) >= 11 is 0. The number of rotatable bonds is 6. The van der Waals surface area contributed by atoms with E-state index in [-0.39, 0.29) is 12.5 Å². The first kappa shape index (κ1) is 24.9. The smallest absolute Gasteiger partial charge is 0.348 e. The summed E-state index contributed by atoms with van der Waals surface area (Å²) in [5, 5.41) is 10.8. The van der Waals surface area contributed by atoms with Crippen LogP contribution in [0.4, 0.5) is 24.8 Å². The van der Waals surface area contributed by atoms with E-state index in [9.17, 15) is 18.0 Å². The molecule has 2 N–H and O–H groups in total. The van der Waals surface area contributed by atoms with Gasteiger partial charge >= 0.3 is 6.18 Å². The number of carbonyl (C=O) groups is 1. The van der Waals surface area contributed by atoms with Gasteiger partial charge in [0.05, 0.1) is 23.0 Å². The molecular formula is C28H23F3N6O. The van der Waals surface area contributed by atoms with Crippen LogP contribution in [0.3, 0.4) is 0 Å². The van der Waals surface area contributed by atoms with Gasteiger partial charge in [0, 0.05) is 36.9 Å². The molecule has 0 spiro atoms. The van der Waals surface area contributed by atoms with Gasteiger partial charge in [-0.2, -0.15) is 18.3 Å². The van der Waals surface area contributed by atoms with Crippen molar-refractivity contribution < 1.29 is 18.0 Å². The molecule has 10 heteroatoms. The van der Waals surface area contributed by atoms with E-state index < -0.39 is 11.7 Å². The van der Waals surface area contributed by atoms with E-state index in [0.717, 1.165) is 45.4 Å². The zero-order valence-electron chi connectivity index (χ0n) is 20.5. The summed E-state index contributed by atoms with van der Waals surface area (Å²) in [4.78, 5) is 21.8. The molecule has 0 aliphatic carbocycles. The molecule has 7 nitrogen and oxygen atoms in total. The van der Waals surface area contributed by atoms with Gasteiger partial charge in [-0.1, -0.05) is 24.3 Å². The van der Waals surface area contributed by atoms with E-state index in [2.05, 4.69) is 25.7 Å². The van der Waals surface area contributed by atoms with Gasteiger partial charge in [0.15, 0.2) is 0 Å². The third-order valence-electron chi connectivity index (χ3n) is 6.06. The number of fused-ring (bicyclic) bond motifs is 1. The number of amides is 1. The van der Waals surface area contributed by atoms with Crippen LogP contribution in [0, 0.1) is 6.92 Å². The van der Waals surface area contributed by atoms with Crippen LogP contribution in [0.1, 0.15) is 27.0 Å². The van der Waals surface area contributed by atoms with Crippen LogP contribution < -0.4 is 10.6 Å². The van der Waals surface area contributed by atoms with Gasteiger partial charge < -0.3 is 10.6 Å². The Balaban J connectivity index is 1.34. The molecule has 5 aromatic rings. The highest BCUT2D eigenvalue weighted by Crippen LogP contribution is 2.30. The van der Waals surface area contributed by atoms with Crippen molar-refractivity contribution in [1.29, 1.82) is 0 Å². The van der Waals surface area contributed by atoms with Crippen molar-refractivity contribution in [1.82, 2.24) is 25.1 Å². The monoisotopic (exact) mass is 516 g/mol. The molecular weight excluding hydrogens is 493 g/mol. The molecule has 0 radical (unpaired) electrons. The number of carbonyl (C=O) groups excluding carboxylic acids is 1. The third-order valence-corrected chi connectivity index (χ3v) is 6.06. The fourth-order valence-electron chi connectivity index (χ4n) is 4.09. The number of hydrogen-bond acceptors (Lipinski definition) is 5. The molecule has 0 bridgehead atoms. The van der Waals surface area contributed by atoms with E-state index in [1.807, 2.05) is 44.4 Å². The van der Waals surface area contributed by atoms with Crippen LogP contribution in [-0.2, 0) is 19.8 Å². The minimum Gasteiger partial charge on any atom is -0.348 e. The number of nitrogens with one attached hydrogen (secondary N) is 2. The molecule has 1 amide bonds. The fraction of sp³-hybridized carbons (Fsp3) is 0.143. The van der Waals surface area contributed by atoms with Gasteiger partial charge in [-0.15, -0.1) is 0 Å². The van der Waals surface area contributed by atoms with Crippen molar-refractivity contribution in [2.75, 3.05) is 5.32 Å². The van der Waals surface area contributed by atoms with E-state index in [0.29, 0.717) is 17.1 Å². The Kier molecular flexibility index (Phi) is 6.54. The Morgan fingerprint density at radius 3 is 2.63 bits per heavy atom. The molecule has 0 aliphatic rings. The summed E-state index contributed by atoms with van der Waals surface area (Å²) in [6, 6.07) is 16.0. The second-order valence-corrected chi connectivity index (χ2v) is 8.91. The number of benzene rings is 3. The topological polar surface area (TPSA) is 84.7 Å². The number of anilines is 2. The maximum atomic E-state index is 13.0. The maximum absolute atomic E-state index is 13.0. The van der Waals surface area contributed by atoms with Crippen LogP contribution in [0.25, 0.3) is 22.0 Å². The summed E-state index contributed by atoms with van der Waals surface area (Å²) < 4.78 is 40.6. The first-order valence-corrected chi connectivity index (χ1v) is 11.7. The molecule has 0 saturated carbocycles. The van der Waals surface area contributed by atoms with Crippen molar-refractivity contribution in [2.45, 2.75) is 19.6 Å². The van der Waals surface area contributed by atoms with Gasteiger partial charge in [0.2, 0.25) is 5.95 Å². The van der Waals surface area contributed by atoms with Gasteiger partial charge in [-0.25, -0.2) is 9.97 Å². The van der Waals surface area contributed by atoms with Crippen molar-refractivity contribution in [3.8, 4) is 11.1 Å². The molecule has 0 fully saturated rings. The quantitative estimate of drug-likeness (QED) is 0.288. The molecule has 2 aromatic heterocycles. The number of aromatic nitrogens is 4. The Morgan fingerprint density at radius 1 is 1.03 bits per heavy atom. The number of aryl methyl sites for hydroxylation is 2. The van der Waals surface area contributed by atoms with Crippen LogP contribution in [0.2, 0.25) is 0 Å². The number of hydrogen-bond donors (Lipinski definition) is 2. The van der Waals surface area contributed by atoms with Gasteiger partial charge in [0.25, 0.3) is 5.91 Å². The SMILES string of the molecule is Cc1ccc(C(=O)NCc2cccc(C(F)(F)F)c2)cc1-c1ccc2nc(Nc3cnn(C)c3)ncc2c1. The van der Waals surface area contributed by atoms with E-state index in [1.165, 1.54) is 6.07 Å². The Morgan fingerprint density at radius 2 is 1.87 bits per heavy atom. The Labute approximate surface area is 216 Å². The number of halogens is 3. The Bertz CT molecular complexity index is 1640. The molecule has 2 heterocycles. The standard InChI is InChI=1S/C28H23F3N6O/c1-17-6-7-20(26(38)32-13-18-4-3-5-22(10-18)28(29,30)31)12-24(17)19-8-9-25-21(11-19)14-33-27(36-25)35-23-15-34-37(2)16-23/h3-12,14-16H,13H2,1-2H3,(H,32,38)(H,33,35,36). The van der Waals surface area contributed by atoms with Gasteiger partial charge in [-0.05, 0) is 65.6 Å². The molecule has 0 aliphatic heterocycles. The predicted octanol–water partition coefficient (Wildman–Crippen LogP) is 6.03. The first-order chi connectivity index (χ1) is 18.2. The highest BCUT2D eigenvalue weighted by Gasteiger charge is 2.30. The molecule has 0 saturated heterocycles. The normalized spacial score (nSPS) is 11.5. The van der Waals surface area contributed by atoms with Crippen LogP contribution in [-0.4, -0.2) is 25.7 Å². The summed E-state index contributed by atoms with van der Waals surface area (Å²) in [5.74, 6) is 0.0766. The lowest BCUT2D eigenvalue weighted by atomic mass is 9.97. The van der Waals surface area contributed by atoms with Gasteiger partial charge in [-0.3, -0.25) is 9.48 Å². The van der Waals surface area contributed by atoms with Crippen molar-refractivity contribution in [2.24, 2.45) is 7.05 Å². The summed E-state index contributed by atoms with van der Waals surface area (Å²) in [6.45, 7) is 1.93. The van der Waals surface area contributed by atoms with E-state index in [1.54, 1.807) is 35.3 Å². The first-order valence-electron chi connectivity index (χ1n) is 11.7. The third kappa shape index (κ3) is 5.49. The summed E-state index contributed by atoms with van der Waals surface area (Å²) in [7, 11) is 1.82. The second-order valence-electron chi connectivity index (χ2n) is 8.91. The molecule has 0 atom stereocenters. The van der Waals surface area contributed by atoms with Crippen LogP contribution in [0.5, 0.6) is 0 Å². The molecule has 38 heavy (non-hydrogen) atoms. The predicted molar refractivity (Wildman–Crippen MR) is 139 cm³/mol. The molecule has 3 aromatic carbocycles. The van der Waals surface area contributed by atoms with Gasteiger partial charge in [0.1, 0.15) is 0 Å². The van der Waals surface area contributed by atoms with E-state index >= 15 is 0 Å². The zero-order valence-corrected chi connectivity index (χ0v) is 20.5. The summed E-state index contributed by atoms with van der Waals surface area (Å²) in [6.07, 6.45) is 0.796. The Hall–Kier alpha value is -4.73. The lowest BCUT2D eigenvalue weighted by Crippen LogP contribution is -2.23. The largest absolute Gasteiger partial charge is 0.416 e. The molecule has 192 valence electrons. The average molecular weight is 517 g/mol. The maximum Gasteiger partial charge on any atom is 0.416 e. The fourth-order valence-corrected chi connectivity index (χ4v) is 4.09.